The highest BCUT2D eigenvalue weighted by atomic mass is 16.1. The third-order valence-electron chi connectivity index (χ3n) is 5.36. The van der Waals surface area contributed by atoms with Gasteiger partial charge in [-0.2, -0.15) is 0 Å². The Kier molecular flexibility index (Phi) is 4.59. The number of rotatable bonds is 3. The second-order valence-corrected chi connectivity index (χ2v) is 7.41. The van der Waals surface area contributed by atoms with Gasteiger partial charge in [0.05, 0.1) is 0 Å². The van der Waals surface area contributed by atoms with Crippen molar-refractivity contribution in [2.45, 2.75) is 40.2 Å². The van der Waals surface area contributed by atoms with Crippen LogP contribution in [-0.2, 0) is 6.42 Å². The molecule has 1 atom stereocenters. The monoisotopic (exact) mass is 372 g/mol. The maximum absolute atomic E-state index is 12.9. The smallest absolute Gasteiger partial charge is 0.274 e. The van der Waals surface area contributed by atoms with Gasteiger partial charge in [0.15, 0.2) is 0 Å². The van der Waals surface area contributed by atoms with Crippen molar-refractivity contribution < 1.29 is 4.79 Å². The molecule has 1 aromatic heterocycles. The second-order valence-electron chi connectivity index (χ2n) is 7.41. The SMILES string of the molecule is Cc1nc(C(=O)Nc2cccc(C)c2C)cc(N2c3ccccc3CC2C)n1. The maximum Gasteiger partial charge on any atom is 0.274 e. The zero-order valence-electron chi connectivity index (χ0n) is 16.7. The molecule has 1 aliphatic heterocycles. The molecule has 1 unspecified atom stereocenters. The molecule has 1 aliphatic rings. The van der Waals surface area contributed by atoms with Crippen molar-refractivity contribution in [2.75, 3.05) is 10.2 Å². The molecule has 5 heteroatoms. The average molecular weight is 372 g/mol. The molecule has 0 bridgehead atoms. The quantitative estimate of drug-likeness (QED) is 0.722. The van der Waals surface area contributed by atoms with Gasteiger partial charge in [-0.3, -0.25) is 4.79 Å². The van der Waals surface area contributed by atoms with E-state index in [0.29, 0.717) is 11.5 Å². The number of fused-ring (bicyclic) bond motifs is 1. The van der Waals surface area contributed by atoms with E-state index in [1.807, 2.05) is 45.0 Å². The number of amides is 1. The summed E-state index contributed by atoms with van der Waals surface area (Å²) >= 11 is 0. The van der Waals surface area contributed by atoms with Crippen LogP contribution in [0, 0.1) is 20.8 Å². The van der Waals surface area contributed by atoms with Crippen molar-refractivity contribution in [3.05, 3.63) is 76.7 Å². The highest BCUT2D eigenvalue weighted by Crippen LogP contribution is 2.37. The Bertz CT molecular complexity index is 1060. The predicted molar refractivity (Wildman–Crippen MR) is 112 cm³/mol. The van der Waals surface area contributed by atoms with Crippen molar-refractivity contribution in [1.82, 2.24) is 9.97 Å². The minimum absolute atomic E-state index is 0.222. The lowest BCUT2D eigenvalue weighted by atomic mass is 10.1. The largest absolute Gasteiger partial charge is 0.323 e. The fourth-order valence-electron chi connectivity index (χ4n) is 3.78. The van der Waals surface area contributed by atoms with E-state index in [1.54, 1.807) is 6.07 Å². The van der Waals surface area contributed by atoms with E-state index in [9.17, 15) is 4.79 Å². The summed E-state index contributed by atoms with van der Waals surface area (Å²) in [4.78, 5) is 24.1. The summed E-state index contributed by atoms with van der Waals surface area (Å²) in [5.74, 6) is 1.12. The van der Waals surface area contributed by atoms with Crippen molar-refractivity contribution in [2.24, 2.45) is 0 Å². The lowest BCUT2D eigenvalue weighted by molar-refractivity contribution is 0.102. The van der Waals surface area contributed by atoms with E-state index in [2.05, 4.69) is 45.3 Å². The minimum atomic E-state index is -0.222. The summed E-state index contributed by atoms with van der Waals surface area (Å²) in [5, 5.41) is 2.99. The van der Waals surface area contributed by atoms with E-state index in [-0.39, 0.29) is 11.9 Å². The first kappa shape index (κ1) is 18.2. The number of hydrogen-bond donors (Lipinski definition) is 1. The van der Waals surface area contributed by atoms with Crippen molar-refractivity contribution in [3.8, 4) is 0 Å². The first-order valence-corrected chi connectivity index (χ1v) is 9.54. The van der Waals surface area contributed by atoms with Crippen LogP contribution in [0.15, 0.2) is 48.5 Å². The number of hydrogen-bond acceptors (Lipinski definition) is 4. The Labute approximate surface area is 165 Å². The van der Waals surface area contributed by atoms with E-state index < -0.39 is 0 Å². The van der Waals surface area contributed by atoms with Gasteiger partial charge in [-0.15, -0.1) is 0 Å². The Morgan fingerprint density at radius 1 is 1.07 bits per heavy atom. The molecular weight excluding hydrogens is 348 g/mol. The zero-order chi connectivity index (χ0) is 19.8. The maximum atomic E-state index is 12.9. The minimum Gasteiger partial charge on any atom is -0.323 e. The van der Waals surface area contributed by atoms with Crippen LogP contribution in [0.5, 0.6) is 0 Å². The van der Waals surface area contributed by atoms with Gasteiger partial charge in [0.1, 0.15) is 17.3 Å². The molecule has 3 aromatic rings. The first-order valence-electron chi connectivity index (χ1n) is 9.54. The number of nitrogens with zero attached hydrogens (tertiary/aromatic N) is 3. The Hall–Kier alpha value is -3.21. The molecule has 142 valence electrons. The number of carbonyl (C=O) groups is 1. The summed E-state index contributed by atoms with van der Waals surface area (Å²) < 4.78 is 0. The molecule has 28 heavy (non-hydrogen) atoms. The van der Waals surface area contributed by atoms with Crippen LogP contribution in [0.1, 0.15) is 39.9 Å². The van der Waals surface area contributed by atoms with Crippen molar-refractivity contribution >= 4 is 23.1 Å². The number of aryl methyl sites for hydroxylation is 2. The Balaban J connectivity index is 1.68. The summed E-state index contributed by atoms with van der Waals surface area (Å²) in [6, 6.07) is 16.3. The van der Waals surface area contributed by atoms with Crippen LogP contribution in [0.4, 0.5) is 17.2 Å². The molecule has 5 nitrogen and oxygen atoms in total. The van der Waals surface area contributed by atoms with Gasteiger partial charge in [0.2, 0.25) is 0 Å². The van der Waals surface area contributed by atoms with E-state index in [4.69, 9.17) is 0 Å². The molecular formula is C23H24N4O. The molecule has 0 saturated carbocycles. The highest BCUT2D eigenvalue weighted by molar-refractivity contribution is 6.03. The van der Waals surface area contributed by atoms with Crippen molar-refractivity contribution in [3.63, 3.8) is 0 Å². The first-order chi connectivity index (χ1) is 13.4. The number of anilines is 3. The fourth-order valence-corrected chi connectivity index (χ4v) is 3.78. The molecule has 2 heterocycles. The molecule has 1 amide bonds. The van der Waals surface area contributed by atoms with Crippen LogP contribution in [0.3, 0.4) is 0 Å². The normalized spacial score (nSPS) is 15.4. The summed E-state index contributed by atoms with van der Waals surface area (Å²) in [7, 11) is 0. The highest BCUT2D eigenvalue weighted by Gasteiger charge is 2.28. The molecule has 0 fully saturated rings. The van der Waals surface area contributed by atoms with Crippen LogP contribution >= 0.6 is 0 Å². The third-order valence-corrected chi connectivity index (χ3v) is 5.36. The summed E-state index contributed by atoms with van der Waals surface area (Å²) in [6.07, 6.45) is 0.962. The lowest BCUT2D eigenvalue weighted by Crippen LogP contribution is -2.26. The van der Waals surface area contributed by atoms with Gasteiger partial charge in [0.25, 0.3) is 5.91 Å². The molecule has 4 rings (SSSR count). The number of carbonyl (C=O) groups excluding carboxylic acids is 1. The number of para-hydroxylation sites is 1. The predicted octanol–water partition coefficient (Wildman–Crippen LogP) is 4.74. The van der Waals surface area contributed by atoms with Gasteiger partial charge in [0, 0.05) is 23.5 Å². The average Bonchev–Trinajstić information content (AvgIpc) is 3.00. The van der Waals surface area contributed by atoms with Crippen LogP contribution in [-0.4, -0.2) is 21.9 Å². The summed E-state index contributed by atoms with van der Waals surface area (Å²) in [6.45, 7) is 8.03. The van der Waals surface area contributed by atoms with Gasteiger partial charge < -0.3 is 10.2 Å². The molecule has 0 aliphatic carbocycles. The summed E-state index contributed by atoms with van der Waals surface area (Å²) in [5.41, 5.74) is 5.83. The van der Waals surface area contributed by atoms with Crippen LogP contribution < -0.4 is 10.2 Å². The standard InChI is InChI=1S/C23H24N4O/c1-14-8-7-10-19(16(14)3)26-23(28)20-13-22(25-17(4)24-20)27-15(2)12-18-9-5-6-11-21(18)27/h5-11,13,15H,12H2,1-4H3,(H,26,28). The lowest BCUT2D eigenvalue weighted by Gasteiger charge is -2.24. The zero-order valence-corrected chi connectivity index (χ0v) is 16.7. The van der Waals surface area contributed by atoms with E-state index in [1.165, 1.54) is 5.56 Å². The number of aromatic nitrogens is 2. The van der Waals surface area contributed by atoms with E-state index in [0.717, 1.165) is 34.7 Å². The molecule has 0 spiro atoms. The Morgan fingerprint density at radius 2 is 1.86 bits per heavy atom. The molecule has 0 saturated heterocycles. The molecule has 2 aromatic carbocycles. The van der Waals surface area contributed by atoms with Gasteiger partial charge >= 0.3 is 0 Å². The molecule has 0 radical (unpaired) electrons. The van der Waals surface area contributed by atoms with Gasteiger partial charge in [-0.1, -0.05) is 30.3 Å². The van der Waals surface area contributed by atoms with Gasteiger partial charge in [-0.05, 0) is 62.9 Å². The topological polar surface area (TPSA) is 58.1 Å². The third kappa shape index (κ3) is 3.24. The number of nitrogens with one attached hydrogen (secondary N) is 1. The fraction of sp³-hybridized carbons (Fsp3) is 0.261. The van der Waals surface area contributed by atoms with Crippen molar-refractivity contribution in [1.29, 1.82) is 0 Å². The van der Waals surface area contributed by atoms with Gasteiger partial charge in [-0.25, -0.2) is 9.97 Å². The van der Waals surface area contributed by atoms with Crippen LogP contribution in [0.2, 0.25) is 0 Å². The molecule has 1 N–H and O–H groups in total. The van der Waals surface area contributed by atoms with Crippen LogP contribution in [0.25, 0.3) is 0 Å². The number of benzene rings is 2. The van der Waals surface area contributed by atoms with E-state index >= 15 is 0 Å². The Morgan fingerprint density at radius 3 is 2.68 bits per heavy atom. The second kappa shape index (κ2) is 7.08.